The number of nitrogens with zero attached hydrogens (tertiary/aromatic N) is 2. The third kappa shape index (κ3) is 3.70. The Bertz CT molecular complexity index is 876. The van der Waals surface area contributed by atoms with E-state index in [1.807, 2.05) is 0 Å². The highest BCUT2D eigenvalue weighted by molar-refractivity contribution is 5.95. The number of carbonyl (C=O) groups excluding carboxylic acids is 1. The van der Waals surface area contributed by atoms with Gasteiger partial charge in [0.15, 0.2) is 11.6 Å². The summed E-state index contributed by atoms with van der Waals surface area (Å²) in [6, 6.07) is 9.84. The van der Waals surface area contributed by atoms with Crippen LogP contribution in [0.25, 0.3) is 0 Å². The minimum Gasteiger partial charge on any atom is -0.362 e. The number of rotatable bonds is 3. The number of hydrogen-bond donors (Lipinski definition) is 0. The van der Waals surface area contributed by atoms with Crippen LogP contribution in [0.3, 0.4) is 0 Å². The fourth-order valence-corrected chi connectivity index (χ4v) is 3.80. The molecule has 7 heteroatoms. The number of carbonyl (C=O) groups is 1. The maximum Gasteiger partial charge on any atom is 0.253 e. The van der Waals surface area contributed by atoms with E-state index in [1.54, 1.807) is 23.1 Å². The summed E-state index contributed by atoms with van der Waals surface area (Å²) in [5, 5.41) is 0. The molecule has 0 radical (unpaired) electrons. The molecule has 1 unspecified atom stereocenters. The molecule has 1 amide bonds. The summed E-state index contributed by atoms with van der Waals surface area (Å²) >= 11 is 0. The topological polar surface area (TPSA) is 32.8 Å². The van der Waals surface area contributed by atoms with Crippen LogP contribution in [0.2, 0.25) is 0 Å². The van der Waals surface area contributed by atoms with Crippen molar-refractivity contribution >= 4 is 11.6 Å². The molecule has 1 spiro atoms. The largest absolute Gasteiger partial charge is 0.362 e. The van der Waals surface area contributed by atoms with Crippen LogP contribution < -0.4 is 4.90 Å². The van der Waals surface area contributed by atoms with Gasteiger partial charge in [-0.2, -0.15) is 0 Å². The fourth-order valence-electron chi connectivity index (χ4n) is 3.80. The maximum atomic E-state index is 13.5. The van der Waals surface area contributed by atoms with Crippen LogP contribution in [0.4, 0.5) is 18.9 Å². The van der Waals surface area contributed by atoms with Gasteiger partial charge in [-0.3, -0.25) is 9.69 Å². The average molecular weight is 376 g/mol. The zero-order valence-electron chi connectivity index (χ0n) is 14.6. The fraction of sp³-hybridized carbons (Fsp3) is 0.350. The molecule has 2 heterocycles. The van der Waals surface area contributed by atoms with Crippen molar-refractivity contribution in [2.75, 3.05) is 31.1 Å². The second-order valence-electron chi connectivity index (χ2n) is 7.14. The van der Waals surface area contributed by atoms with Gasteiger partial charge in [-0.15, -0.1) is 0 Å². The van der Waals surface area contributed by atoms with Crippen LogP contribution in [-0.4, -0.2) is 42.6 Å². The first-order valence-electron chi connectivity index (χ1n) is 8.80. The first-order valence-corrected chi connectivity index (χ1v) is 8.80. The Morgan fingerprint density at radius 3 is 2.67 bits per heavy atom. The van der Waals surface area contributed by atoms with Gasteiger partial charge in [0.05, 0.1) is 6.54 Å². The Kier molecular flexibility index (Phi) is 4.65. The highest BCUT2D eigenvalue weighted by atomic mass is 19.2. The van der Waals surface area contributed by atoms with Gasteiger partial charge in [0.25, 0.3) is 5.91 Å². The number of ether oxygens (including phenoxy) is 1. The Hall–Kier alpha value is -2.38. The van der Waals surface area contributed by atoms with Crippen molar-refractivity contribution in [1.29, 1.82) is 0 Å². The lowest BCUT2D eigenvalue weighted by molar-refractivity contribution is -0.137. The Labute approximate surface area is 155 Å². The summed E-state index contributed by atoms with van der Waals surface area (Å²) in [4.78, 5) is 15.9. The zero-order valence-corrected chi connectivity index (χ0v) is 14.6. The van der Waals surface area contributed by atoms with Crippen molar-refractivity contribution in [1.82, 2.24) is 4.90 Å². The van der Waals surface area contributed by atoms with Gasteiger partial charge >= 0.3 is 0 Å². The molecule has 2 aliphatic rings. The Balaban J connectivity index is 1.47. The van der Waals surface area contributed by atoms with Gasteiger partial charge in [0.2, 0.25) is 0 Å². The predicted molar refractivity (Wildman–Crippen MR) is 93.7 cm³/mol. The molecule has 4 rings (SSSR count). The van der Waals surface area contributed by atoms with Crippen molar-refractivity contribution in [3.63, 3.8) is 0 Å². The zero-order chi connectivity index (χ0) is 19.0. The SMILES string of the molecule is O=C1COC2(CCN(Cc3ccc(F)c(F)c3)C2)CN1c1cccc(F)c1. The predicted octanol–water partition coefficient (Wildman–Crippen LogP) is 3.11. The molecule has 27 heavy (non-hydrogen) atoms. The number of halogens is 3. The van der Waals surface area contributed by atoms with Gasteiger partial charge in [-0.05, 0) is 42.3 Å². The van der Waals surface area contributed by atoms with Crippen molar-refractivity contribution in [2.45, 2.75) is 18.6 Å². The van der Waals surface area contributed by atoms with Gasteiger partial charge < -0.3 is 9.64 Å². The molecule has 4 nitrogen and oxygen atoms in total. The van der Waals surface area contributed by atoms with Crippen molar-refractivity contribution < 1.29 is 22.7 Å². The van der Waals surface area contributed by atoms with Crippen LogP contribution in [-0.2, 0) is 16.1 Å². The van der Waals surface area contributed by atoms with E-state index >= 15 is 0 Å². The monoisotopic (exact) mass is 376 g/mol. The second-order valence-corrected chi connectivity index (χ2v) is 7.14. The third-order valence-electron chi connectivity index (χ3n) is 5.15. The lowest BCUT2D eigenvalue weighted by atomic mass is 10.00. The van der Waals surface area contributed by atoms with Crippen molar-refractivity contribution in [2.24, 2.45) is 0 Å². The molecule has 0 saturated carbocycles. The quantitative estimate of drug-likeness (QED) is 0.825. The van der Waals surface area contributed by atoms with Crippen LogP contribution in [0, 0.1) is 17.5 Å². The Morgan fingerprint density at radius 2 is 1.89 bits per heavy atom. The average Bonchev–Trinajstić information content (AvgIpc) is 3.03. The first kappa shape index (κ1) is 18.0. The second kappa shape index (κ2) is 6.98. The number of benzene rings is 2. The molecular formula is C20H19F3N2O2. The van der Waals surface area contributed by atoms with Crippen LogP contribution >= 0.6 is 0 Å². The smallest absolute Gasteiger partial charge is 0.253 e. The first-order chi connectivity index (χ1) is 12.9. The van der Waals surface area contributed by atoms with Crippen molar-refractivity contribution in [3.8, 4) is 0 Å². The van der Waals surface area contributed by atoms with Crippen LogP contribution in [0.15, 0.2) is 42.5 Å². The van der Waals surface area contributed by atoms with E-state index in [2.05, 4.69) is 4.90 Å². The molecule has 2 saturated heterocycles. The van der Waals surface area contributed by atoms with Crippen LogP contribution in [0.1, 0.15) is 12.0 Å². The summed E-state index contributed by atoms with van der Waals surface area (Å²) in [6.45, 7) is 2.02. The minimum absolute atomic E-state index is 0.0600. The van der Waals surface area contributed by atoms with E-state index in [0.717, 1.165) is 6.07 Å². The van der Waals surface area contributed by atoms with Crippen LogP contribution in [0.5, 0.6) is 0 Å². The number of anilines is 1. The molecular weight excluding hydrogens is 357 g/mol. The van der Waals surface area contributed by atoms with Gasteiger partial charge in [0, 0.05) is 25.3 Å². The van der Waals surface area contributed by atoms with E-state index in [9.17, 15) is 18.0 Å². The summed E-state index contributed by atoms with van der Waals surface area (Å²) < 4.78 is 45.9. The Morgan fingerprint density at radius 1 is 1.04 bits per heavy atom. The van der Waals surface area contributed by atoms with Crippen molar-refractivity contribution in [3.05, 3.63) is 65.5 Å². The molecule has 0 aromatic heterocycles. The maximum absolute atomic E-state index is 13.5. The summed E-state index contributed by atoms with van der Waals surface area (Å²) in [6.07, 6.45) is 0.704. The molecule has 2 aliphatic heterocycles. The summed E-state index contributed by atoms with van der Waals surface area (Å²) in [5.74, 6) is -2.33. The highest BCUT2D eigenvalue weighted by Crippen LogP contribution is 2.33. The molecule has 2 aromatic carbocycles. The van der Waals surface area contributed by atoms with E-state index in [1.165, 1.54) is 18.2 Å². The van der Waals surface area contributed by atoms with E-state index < -0.39 is 23.1 Å². The number of amides is 1. The van der Waals surface area contributed by atoms with Gasteiger partial charge in [0.1, 0.15) is 18.0 Å². The lowest BCUT2D eigenvalue weighted by Gasteiger charge is -2.40. The van der Waals surface area contributed by atoms with E-state index in [0.29, 0.717) is 43.9 Å². The lowest BCUT2D eigenvalue weighted by Crippen LogP contribution is -2.56. The molecule has 2 fully saturated rings. The summed E-state index contributed by atoms with van der Waals surface area (Å²) in [5.41, 5.74) is 0.653. The molecule has 0 bridgehead atoms. The third-order valence-corrected chi connectivity index (χ3v) is 5.15. The number of likely N-dealkylation sites (tertiary alicyclic amines) is 1. The highest BCUT2D eigenvalue weighted by Gasteiger charge is 2.45. The molecule has 1 atom stereocenters. The van der Waals surface area contributed by atoms with Gasteiger partial charge in [-0.1, -0.05) is 12.1 Å². The number of morpholine rings is 1. The molecule has 0 aliphatic carbocycles. The van der Waals surface area contributed by atoms with E-state index in [4.69, 9.17) is 4.74 Å². The molecule has 0 N–H and O–H groups in total. The molecule has 142 valence electrons. The summed E-state index contributed by atoms with van der Waals surface area (Å²) in [7, 11) is 0. The van der Waals surface area contributed by atoms with E-state index in [-0.39, 0.29) is 12.5 Å². The minimum atomic E-state index is -0.864. The van der Waals surface area contributed by atoms with Gasteiger partial charge in [-0.25, -0.2) is 13.2 Å². The number of hydrogen-bond acceptors (Lipinski definition) is 3. The molecule has 2 aromatic rings. The standard InChI is InChI=1S/C20H19F3N2O2/c21-15-2-1-3-16(9-15)25-13-20(27-11-19(25)26)6-7-24(12-20)10-14-4-5-17(22)18(23)8-14/h1-5,8-9H,6-7,10-13H2. The normalized spacial score (nSPS) is 23.4.